The van der Waals surface area contributed by atoms with Crippen LogP contribution in [-0.2, 0) is 12.8 Å². The molecule has 0 bridgehead atoms. The summed E-state index contributed by atoms with van der Waals surface area (Å²) >= 11 is 1.41. The number of H-pyrrole nitrogens is 1. The van der Waals surface area contributed by atoms with Crippen molar-refractivity contribution in [2.24, 2.45) is 0 Å². The number of amides is 1. The average molecular weight is 669 g/mol. The van der Waals surface area contributed by atoms with Gasteiger partial charge in [0.15, 0.2) is 17.5 Å². The van der Waals surface area contributed by atoms with Gasteiger partial charge in [-0.05, 0) is 85.5 Å². The number of anilines is 1. The van der Waals surface area contributed by atoms with Crippen LogP contribution >= 0.6 is 11.3 Å². The van der Waals surface area contributed by atoms with E-state index in [4.69, 9.17) is 9.51 Å². The third kappa shape index (κ3) is 5.14. The highest BCUT2D eigenvalue weighted by molar-refractivity contribution is 7.23. The van der Waals surface area contributed by atoms with Gasteiger partial charge in [0, 0.05) is 23.2 Å². The summed E-state index contributed by atoms with van der Waals surface area (Å²) in [5, 5.41) is 8.22. The number of aryl methyl sites for hydroxylation is 2. The molecule has 48 heavy (non-hydrogen) atoms. The zero-order chi connectivity index (χ0) is 33.1. The quantitative estimate of drug-likeness (QED) is 0.174. The minimum absolute atomic E-state index is 0.131. The number of rotatable bonds is 8. The van der Waals surface area contributed by atoms with Crippen LogP contribution in [0.2, 0.25) is 0 Å². The van der Waals surface area contributed by atoms with Crippen molar-refractivity contribution >= 4 is 33.1 Å². The van der Waals surface area contributed by atoms with Crippen LogP contribution in [0.3, 0.4) is 0 Å². The lowest BCUT2D eigenvalue weighted by Crippen LogP contribution is -2.22. The lowest BCUT2D eigenvalue weighted by molar-refractivity contribution is 0.0776. The molecule has 6 heterocycles. The number of benzene rings is 2. The van der Waals surface area contributed by atoms with Crippen molar-refractivity contribution in [2.75, 3.05) is 11.9 Å². The van der Waals surface area contributed by atoms with Crippen LogP contribution in [0.15, 0.2) is 70.1 Å². The number of hydrogen-bond donors (Lipinski definition) is 2. The average Bonchev–Trinajstić information content (AvgIpc) is 3.88. The molecule has 6 aromatic rings. The Bertz CT molecular complexity index is 2280. The zero-order valence-corrected chi connectivity index (χ0v) is 26.3. The molecule has 4 aromatic heterocycles. The summed E-state index contributed by atoms with van der Waals surface area (Å²) in [4.78, 5) is 41.3. The fourth-order valence-electron chi connectivity index (χ4n) is 6.74. The molecule has 1 amide bonds. The van der Waals surface area contributed by atoms with Crippen molar-refractivity contribution in [3.8, 4) is 21.8 Å². The first kappa shape index (κ1) is 30.1. The second-order valence-corrected chi connectivity index (χ2v) is 13.1. The largest absolute Gasteiger partial charge is 0.439 e. The Morgan fingerprint density at radius 3 is 2.62 bits per heavy atom. The Labute approximate surface area is 275 Å². The van der Waals surface area contributed by atoms with Crippen LogP contribution in [0.4, 0.5) is 19.0 Å². The fourth-order valence-corrected chi connectivity index (χ4v) is 7.91. The number of fused-ring (bicyclic) bond motifs is 4. The van der Waals surface area contributed by atoms with E-state index in [-0.39, 0.29) is 23.6 Å². The topological polar surface area (TPSA) is 117 Å². The van der Waals surface area contributed by atoms with Gasteiger partial charge in [-0.25, -0.2) is 22.9 Å². The Hall–Kier alpha value is -5.30. The molecule has 2 atom stereocenters. The highest BCUT2D eigenvalue weighted by Gasteiger charge is 2.44. The summed E-state index contributed by atoms with van der Waals surface area (Å²) in [6, 6.07) is 13.3. The van der Waals surface area contributed by atoms with Crippen molar-refractivity contribution in [3.05, 3.63) is 117 Å². The monoisotopic (exact) mass is 668 g/mol. The minimum Gasteiger partial charge on any atom is -0.362 e. The molecule has 0 saturated carbocycles. The van der Waals surface area contributed by atoms with Crippen LogP contribution < -0.4 is 11.1 Å². The molecular formula is C35H27F3N6O3S. The first-order chi connectivity index (χ1) is 23.2. The molecule has 0 aliphatic carbocycles. The fraction of sp³-hybridized carbons (Fsp3) is 0.229. The number of pyridine rings is 2. The van der Waals surface area contributed by atoms with Crippen molar-refractivity contribution in [2.45, 2.75) is 44.7 Å². The number of carbonyl (C=O) groups is 1. The molecular weight excluding hydrogens is 641 g/mol. The SMILES string of the molecule is C[C@H](Nc1nccc2cc(-c3c4c(nc(CCc5ccc(F)cc5)c3-c3noc(=O)[nH]3)[C@H]3CCCN3C4=O)sc12)c1ccc(F)c(F)c1. The molecule has 9 nitrogen and oxygen atoms in total. The normalized spacial score (nSPS) is 16.0. The van der Waals surface area contributed by atoms with Gasteiger partial charge in [-0.15, -0.1) is 11.3 Å². The van der Waals surface area contributed by atoms with Gasteiger partial charge in [0.05, 0.1) is 39.3 Å². The maximum atomic E-state index is 14.1. The summed E-state index contributed by atoms with van der Waals surface area (Å²) in [6.07, 6.45) is 4.25. The van der Waals surface area contributed by atoms with E-state index in [9.17, 15) is 22.8 Å². The predicted molar refractivity (Wildman–Crippen MR) is 174 cm³/mol. The first-order valence-corrected chi connectivity index (χ1v) is 16.4. The summed E-state index contributed by atoms with van der Waals surface area (Å²) < 4.78 is 47.0. The summed E-state index contributed by atoms with van der Waals surface area (Å²) in [7, 11) is 0. The predicted octanol–water partition coefficient (Wildman–Crippen LogP) is 7.37. The summed E-state index contributed by atoms with van der Waals surface area (Å²) in [5.41, 5.74) is 4.31. The van der Waals surface area contributed by atoms with E-state index in [0.717, 1.165) is 45.5 Å². The Kier molecular flexibility index (Phi) is 7.35. The van der Waals surface area contributed by atoms with E-state index in [0.29, 0.717) is 58.8 Å². The van der Waals surface area contributed by atoms with Gasteiger partial charge in [-0.1, -0.05) is 23.4 Å². The van der Waals surface area contributed by atoms with E-state index in [1.165, 1.54) is 29.5 Å². The molecule has 0 unspecified atom stereocenters. The number of thiophene rings is 1. The Balaban J connectivity index is 1.29. The van der Waals surface area contributed by atoms with Gasteiger partial charge >= 0.3 is 5.76 Å². The van der Waals surface area contributed by atoms with E-state index < -0.39 is 23.4 Å². The van der Waals surface area contributed by atoms with Gasteiger partial charge < -0.3 is 10.2 Å². The van der Waals surface area contributed by atoms with Crippen molar-refractivity contribution in [3.63, 3.8) is 0 Å². The van der Waals surface area contributed by atoms with Crippen LogP contribution in [0.1, 0.15) is 64.7 Å². The maximum absolute atomic E-state index is 14.1. The van der Waals surface area contributed by atoms with E-state index in [1.807, 2.05) is 24.0 Å². The minimum atomic E-state index is -0.934. The van der Waals surface area contributed by atoms with Crippen molar-refractivity contribution < 1.29 is 22.5 Å². The van der Waals surface area contributed by atoms with Crippen LogP contribution in [0, 0.1) is 17.5 Å². The Morgan fingerprint density at radius 1 is 1.02 bits per heavy atom. The van der Waals surface area contributed by atoms with Crippen LogP contribution in [0.25, 0.3) is 31.9 Å². The lowest BCUT2D eigenvalue weighted by atomic mass is 9.92. The molecule has 0 spiro atoms. The second-order valence-electron chi connectivity index (χ2n) is 12.0. The number of aromatic nitrogens is 4. The van der Waals surface area contributed by atoms with E-state index >= 15 is 0 Å². The third-order valence-corrected chi connectivity index (χ3v) is 10.2. The number of nitrogens with zero attached hydrogens (tertiary/aromatic N) is 4. The third-order valence-electron chi connectivity index (χ3n) is 9.06. The van der Waals surface area contributed by atoms with Gasteiger partial charge in [-0.2, -0.15) is 0 Å². The smallest absolute Gasteiger partial charge is 0.362 e. The molecule has 242 valence electrons. The second kappa shape index (κ2) is 11.7. The molecule has 2 aromatic carbocycles. The lowest BCUT2D eigenvalue weighted by Gasteiger charge is -2.16. The van der Waals surface area contributed by atoms with Gasteiger partial charge in [0.1, 0.15) is 11.6 Å². The highest BCUT2D eigenvalue weighted by Crippen LogP contribution is 2.50. The molecule has 1 saturated heterocycles. The first-order valence-electron chi connectivity index (χ1n) is 15.5. The van der Waals surface area contributed by atoms with Gasteiger partial charge in [0.25, 0.3) is 5.91 Å². The molecule has 2 aliphatic rings. The molecule has 1 fully saturated rings. The van der Waals surface area contributed by atoms with Gasteiger partial charge in [-0.3, -0.25) is 19.3 Å². The molecule has 2 aliphatic heterocycles. The summed E-state index contributed by atoms with van der Waals surface area (Å²) in [5.74, 6) is -2.37. The van der Waals surface area contributed by atoms with Crippen molar-refractivity contribution in [1.82, 2.24) is 25.0 Å². The molecule has 8 rings (SSSR count). The van der Waals surface area contributed by atoms with Crippen molar-refractivity contribution in [1.29, 1.82) is 0 Å². The van der Waals surface area contributed by atoms with Gasteiger partial charge in [0.2, 0.25) is 0 Å². The molecule has 2 N–H and O–H groups in total. The van der Waals surface area contributed by atoms with Crippen LogP contribution in [0.5, 0.6) is 0 Å². The maximum Gasteiger partial charge on any atom is 0.439 e. The number of carbonyl (C=O) groups excluding carboxylic acids is 1. The highest BCUT2D eigenvalue weighted by atomic mass is 32.1. The van der Waals surface area contributed by atoms with E-state index in [1.54, 1.807) is 18.3 Å². The standard InChI is InChI=1S/C35H27F3N6O3S/c1-17(19-7-10-22(37)23(38)15-19)40-33-31-20(12-13-39-33)16-26(48-31)28-27(32-42-35(46)47-43-32)24(11-6-18-4-8-21(36)9-5-18)41-30-25-3-2-14-44(25)34(45)29(28)30/h4-5,7-10,12-13,15-17,25H,2-3,6,11,14H2,1H3,(H,39,40)(H,42,43,46)/t17-,25+/m0/s1. The number of halogens is 3. The van der Waals surface area contributed by atoms with Crippen LogP contribution in [-0.4, -0.2) is 37.5 Å². The number of hydrogen-bond acceptors (Lipinski definition) is 8. The molecule has 13 heteroatoms. The molecule has 0 radical (unpaired) electrons. The van der Waals surface area contributed by atoms with E-state index in [2.05, 4.69) is 20.4 Å². The number of nitrogens with one attached hydrogen (secondary N) is 2. The zero-order valence-electron chi connectivity index (χ0n) is 25.5. The summed E-state index contributed by atoms with van der Waals surface area (Å²) in [6.45, 7) is 2.45. The Morgan fingerprint density at radius 2 is 1.85 bits per heavy atom. The number of aromatic amines is 1.